The van der Waals surface area contributed by atoms with E-state index in [4.69, 9.17) is 26.2 Å². The molecule has 106 valence electrons. The fourth-order valence-electron chi connectivity index (χ4n) is 1.30. The van der Waals surface area contributed by atoms with Crippen molar-refractivity contribution in [1.29, 1.82) is 0 Å². The van der Waals surface area contributed by atoms with Gasteiger partial charge in [-0.2, -0.15) is 0 Å². The van der Waals surface area contributed by atoms with Gasteiger partial charge in [0.1, 0.15) is 0 Å². The molecule has 9 heteroatoms. The van der Waals surface area contributed by atoms with E-state index in [-0.39, 0.29) is 16.5 Å². The molecular weight excluding hydrogens is 298 g/mol. The number of hydrogen-bond acceptors (Lipinski definition) is 5. The Bertz CT molecular complexity index is 586. The van der Waals surface area contributed by atoms with E-state index in [0.29, 0.717) is 5.75 Å². The van der Waals surface area contributed by atoms with E-state index in [1.807, 2.05) is 0 Å². The highest BCUT2D eigenvalue weighted by Crippen LogP contribution is 2.36. The molecule has 0 amide bonds. The smallest absolute Gasteiger partial charge is 0.320 e. The van der Waals surface area contributed by atoms with E-state index in [9.17, 15) is 13.2 Å². The maximum atomic E-state index is 11.5. The standard InChI is InChI=1S/C10H12ClNO6S/c1-17-8-3-6(11)7(4-9(8)18-2)12-19(15,16)5-10(13)14/h3-4,12H,5H2,1-2H3,(H,13,14). The van der Waals surface area contributed by atoms with Crippen LogP contribution in [-0.2, 0) is 14.8 Å². The number of anilines is 1. The number of halogens is 1. The molecule has 19 heavy (non-hydrogen) atoms. The average molecular weight is 310 g/mol. The summed E-state index contributed by atoms with van der Waals surface area (Å²) in [4.78, 5) is 10.4. The van der Waals surface area contributed by atoms with Crippen LogP contribution in [0.4, 0.5) is 5.69 Å². The number of ether oxygens (including phenoxy) is 2. The molecule has 1 aromatic rings. The molecule has 0 fully saturated rings. The average Bonchev–Trinajstić information content (AvgIpc) is 2.29. The molecule has 0 bridgehead atoms. The van der Waals surface area contributed by atoms with E-state index >= 15 is 0 Å². The van der Waals surface area contributed by atoms with Crippen molar-refractivity contribution in [3.8, 4) is 11.5 Å². The Kier molecular flexibility index (Phi) is 4.84. The zero-order chi connectivity index (χ0) is 14.6. The molecule has 1 rings (SSSR count). The number of aliphatic carboxylic acids is 1. The molecule has 0 atom stereocenters. The number of carboxylic acid groups (broad SMARTS) is 1. The highest BCUT2D eigenvalue weighted by molar-refractivity contribution is 7.93. The summed E-state index contributed by atoms with van der Waals surface area (Å²) in [6.07, 6.45) is 0. The van der Waals surface area contributed by atoms with Crippen LogP contribution in [0.5, 0.6) is 11.5 Å². The highest BCUT2D eigenvalue weighted by atomic mass is 35.5. The second kappa shape index (κ2) is 5.98. The number of carboxylic acids is 1. The lowest BCUT2D eigenvalue weighted by Gasteiger charge is -2.12. The van der Waals surface area contributed by atoms with Gasteiger partial charge >= 0.3 is 5.97 Å². The summed E-state index contributed by atoms with van der Waals surface area (Å²) < 4.78 is 35.0. The first-order chi connectivity index (χ1) is 8.79. The third-order valence-corrected chi connectivity index (χ3v) is 3.52. The van der Waals surface area contributed by atoms with Crippen LogP contribution in [0.3, 0.4) is 0 Å². The quantitative estimate of drug-likeness (QED) is 0.818. The van der Waals surface area contributed by atoms with Crippen LogP contribution in [0.2, 0.25) is 5.02 Å². The second-order valence-electron chi connectivity index (χ2n) is 3.44. The molecule has 1 aromatic carbocycles. The predicted octanol–water partition coefficient (Wildman–Crippen LogP) is 1.18. The first-order valence-corrected chi connectivity index (χ1v) is 6.96. The van der Waals surface area contributed by atoms with Gasteiger partial charge in [-0.15, -0.1) is 0 Å². The van der Waals surface area contributed by atoms with Crippen molar-refractivity contribution in [3.05, 3.63) is 17.2 Å². The van der Waals surface area contributed by atoms with E-state index < -0.39 is 21.7 Å². The fraction of sp³-hybridized carbons (Fsp3) is 0.300. The number of nitrogens with one attached hydrogen (secondary N) is 1. The molecule has 2 N–H and O–H groups in total. The Hall–Kier alpha value is -1.67. The lowest BCUT2D eigenvalue weighted by atomic mass is 10.3. The number of carbonyl (C=O) groups is 1. The van der Waals surface area contributed by atoms with Crippen LogP contribution in [0.25, 0.3) is 0 Å². The zero-order valence-corrected chi connectivity index (χ0v) is 11.7. The number of sulfonamides is 1. The van der Waals surface area contributed by atoms with E-state index in [1.54, 1.807) is 0 Å². The topological polar surface area (TPSA) is 102 Å². The number of rotatable bonds is 6. The number of benzene rings is 1. The zero-order valence-electron chi connectivity index (χ0n) is 10.1. The van der Waals surface area contributed by atoms with Crippen LogP contribution >= 0.6 is 11.6 Å². The van der Waals surface area contributed by atoms with Crippen molar-refractivity contribution < 1.29 is 27.8 Å². The lowest BCUT2D eigenvalue weighted by Crippen LogP contribution is -2.22. The molecule has 0 aliphatic heterocycles. The third kappa shape index (κ3) is 4.18. The summed E-state index contributed by atoms with van der Waals surface area (Å²) in [6.45, 7) is 0. The predicted molar refractivity (Wildman–Crippen MR) is 69.6 cm³/mol. The first kappa shape index (κ1) is 15.4. The summed E-state index contributed by atoms with van der Waals surface area (Å²) in [6, 6.07) is 2.67. The largest absolute Gasteiger partial charge is 0.493 e. The van der Waals surface area contributed by atoms with Crippen LogP contribution in [-0.4, -0.2) is 39.5 Å². The maximum Gasteiger partial charge on any atom is 0.320 e. The van der Waals surface area contributed by atoms with Crippen LogP contribution < -0.4 is 14.2 Å². The van der Waals surface area contributed by atoms with Crippen molar-refractivity contribution in [2.75, 3.05) is 24.7 Å². The summed E-state index contributed by atoms with van der Waals surface area (Å²) in [7, 11) is -1.25. The van der Waals surface area contributed by atoms with E-state index in [0.717, 1.165) is 0 Å². The Morgan fingerprint density at radius 3 is 2.32 bits per heavy atom. The fourth-order valence-corrected chi connectivity index (χ4v) is 2.46. The maximum absolute atomic E-state index is 11.5. The highest BCUT2D eigenvalue weighted by Gasteiger charge is 2.18. The van der Waals surface area contributed by atoms with Gasteiger partial charge in [0, 0.05) is 12.1 Å². The van der Waals surface area contributed by atoms with Crippen LogP contribution in [0.1, 0.15) is 0 Å². The van der Waals surface area contributed by atoms with E-state index in [1.165, 1.54) is 26.4 Å². The molecule has 0 aliphatic rings. The van der Waals surface area contributed by atoms with Crippen molar-refractivity contribution in [2.24, 2.45) is 0 Å². The van der Waals surface area contributed by atoms with Crippen molar-refractivity contribution in [1.82, 2.24) is 0 Å². The minimum Gasteiger partial charge on any atom is -0.493 e. The Morgan fingerprint density at radius 2 is 1.84 bits per heavy atom. The summed E-state index contributed by atoms with van der Waals surface area (Å²) in [5.41, 5.74) is 0.0144. The second-order valence-corrected chi connectivity index (χ2v) is 5.57. The minimum absolute atomic E-state index is 0.0144. The molecular formula is C10H12ClNO6S. The Balaban J connectivity index is 3.12. The molecule has 0 saturated carbocycles. The minimum atomic E-state index is -4.03. The first-order valence-electron chi connectivity index (χ1n) is 4.93. The molecule has 0 spiro atoms. The molecule has 0 unspecified atom stereocenters. The van der Waals surface area contributed by atoms with Gasteiger partial charge in [0.25, 0.3) is 0 Å². The van der Waals surface area contributed by atoms with Gasteiger partial charge in [-0.1, -0.05) is 11.6 Å². The third-order valence-electron chi connectivity index (χ3n) is 2.05. The van der Waals surface area contributed by atoms with Crippen LogP contribution in [0, 0.1) is 0 Å². The SMILES string of the molecule is COc1cc(Cl)c(NS(=O)(=O)CC(=O)O)cc1OC. The van der Waals surface area contributed by atoms with Gasteiger partial charge in [-0.05, 0) is 0 Å². The van der Waals surface area contributed by atoms with Crippen molar-refractivity contribution in [3.63, 3.8) is 0 Å². The van der Waals surface area contributed by atoms with Gasteiger partial charge < -0.3 is 14.6 Å². The van der Waals surface area contributed by atoms with Gasteiger partial charge in [0.15, 0.2) is 17.3 Å². The van der Waals surface area contributed by atoms with Gasteiger partial charge in [0.05, 0.1) is 24.9 Å². The molecule has 7 nitrogen and oxygen atoms in total. The lowest BCUT2D eigenvalue weighted by molar-refractivity contribution is -0.134. The van der Waals surface area contributed by atoms with Gasteiger partial charge in [-0.25, -0.2) is 8.42 Å². The van der Waals surface area contributed by atoms with Crippen LogP contribution in [0.15, 0.2) is 12.1 Å². The normalized spacial score (nSPS) is 10.9. The Morgan fingerprint density at radius 1 is 1.32 bits per heavy atom. The number of methoxy groups -OCH3 is 2. The van der Waals surface area contributed by atoms with Crippen molar-refractivity contribution in [2.45, 2.75) is 0 Å². The molecule has 0 aliphatic carbocycles. The van der Waals surface area contributed by atoms with E-state index in [2.05, 4.69) is 4.72 Å². The molecule has 0 aromatic heterocycles. The summed E-state index contributed by atoms with van der Waals surface area (Å²) in [5, 5.41) is 8.54. The number of hydrogen-bond donors (Lipinski definition) is 2. The Labute approximate surface area is 115 Å². The van der Waals surface area contributed by atoms with Gasteiger partial charge in [-0.3, -0.25) is 9.52 Å². The monoisotopic (exact) mass is 309 g/mol. The molecule has 0 saturated heterocycles. The molecule has 0 radical (unpaired) electrons. The summed E-state index contributed by atoms with van der Waals surface area (Å²) >= 11 is 5.87. The van der Waals surface area contributed by atoms with Gasteiger partial charge in [0.2, 0.25) is 10.0 Å². The molecule has 0 heterocycles. The van der Waals surface area contributed by atoms with Crippen molar-refractivity contribution >= 4 is 33.3 Å². The summed E-state index contributed by atoms with van der Waals surface area (Å²) in [5.74, 6) is -1.93.